The third kappa shape index (κ3) is 44.6. The van der Waals surface area contributed by atoms with E-state index in [-0.39, 0.29) is 84.1 Å². The molecule has 48 heteroatoms. The maximum atomic E-state index is 12.9. The van der Waals surface area contributed by atoms with E-state index in [9.17, 15) is 58.6 Å². The molecule has 770 valence electrons. The number of hydrogen-bond donors (Lipinski definition) is 11. The van der Waals surface area contributed by atoms with E-state index in [0.717, 1.165) is 25.3 Å². The molecule has 1 aliphatic rings. The van der Waals surface area contributed by atoms with E-state index in [2.05, 4.69) is 72.3 Å². The minimum atomic E-state index is -1.35. The van der Waals surface area contributed by atoms with E-state index < -0.39 is 56.3 Å². The van der Waals surface area contributed by atoms with Crippen molar-refractivity contribution in [1.29, 1.82) is 10.7 Å². The van der Waals surface area contributed by atoms with Gasteiger partial charge in [-0.1, -0.05) is 102 Å². The van der Waals surface area contributed by atoms with Gasteiger partial charge in [-0.15, -0.1) is 12.4 Å². The number of pyridine rings is 5. The molecule has 13 N–H and O–H groups in total. The Morgan fingerprint density at radius 2 is 0.770 bits per heavy atom. The van der Waals surface area contributed by atoms with Gasteiger partial charge in [0.15, 0.2) is 5.69 Å². The average Bonchev–Trinajstić information content (AvgIpc) is 0.896. The number of carbonyl (C=O) groups is 8. The SMILES string of the molecule is C.C1CCOC1.CNC.COc1ccc(N)c(C(=O)Nc2ccc(Cl)cn2)c1.COc1ccc(NC(=O)c2ccc(C#N)cc2)c(C(=O)Nc2ccc(Cl)cn2)c1.COc1ccc(NC(=O)c2ccc(C(=N)N(C)C)cc2)c(C(=O)Nc2ccc(Cl)cn2)c1.COc1ccc([N+](=O)[O-])c(C(=O)Nc2ccc(Cl)cn2)c1.COc1ccc([N+](=O)[O-])c(C(=O)O)c1.C[N-]C.Cl.Nc1ccc(Cl)cn1.[C-]#[N+]c1ccc(C(=O)Cl)cc1.[Li+]. The third-order valence-electron chi connectivity index (χ3n) is 18.0. The fraction of sp³-hybridized carbons (Fsp3) is 0.160. The van der Waals surface area contributed by atoms with Crippen molar-refractivity contribution in [2.75, 3.05) is 134 Å². The number of hydrogen-bond acceptors (Lipinski definition) is 28. The summed E-state index contributed by atoms with van der Waals surface area (Å²) in [5.74, 6) is 0.0648. The quantitative estimate of drug-likeness (QED) is 0.00439. The number of ether oxygens (including phenoxy) is 6. The molecule has 0 unspecified atom stereocenters. The summed E-state index contributed by atoms with van der Waals surface area (Å²) < 4.78 is 30.1. The molecule has 8 aromatic carbocycles. The summed E-state index contributed by atoms with van der Waals surface area (Å²) in [5.41, 5.74) is 14.3. The summed E-state index contributed by atoms with van der Waals surface area (Å²) in [6.07, 6.45) is 9.71. The van der Waals surface area contributed by atoms with Gasteiger partial charge in [0.2, 0.25) is 0 Å². The Balaban J connectivity index is 0.000000589. The molecule has 0 spiro atoms. The van der Waals surface area contributed by atoms with E-state index in [4.69, 9.17) is 132 Å². The molecule has 0 aliphatic carbocycles. The number of carboxylic acid groups (broad SMARTS) is 1. The van der Waals surface area contributed by atoms with Crippen molar-refractivity contribution in [3.63, 3.8) is 0 Å². The zero-order valence-electron chi connectivity index (χ0n) is 80.6. The Labute approximate surface area is 900 Å². The Morgan fingerprint density at radius 1 is 0.466 bits per heavy atom. The summed E-state index contributed by atoms with van der Waals surface area (Å²) in [7, 11) is 18.1. The van der Waals surface area contributed by atoms with E-state index in [1.165, 1.54) is 146 Å². The van der Waals surface area contributed by atoms with Gasteiger partial charge in [-0.05, 0) is 208 Å². The van der Waals surface area contributed by atoms with Crippen molar-refractivity contribution in [2.45, 2.75) is 20.3 Å². The molecule has 13 aromatic rings. The fourth-order valence-corrected chi connectivity index (χ4v) is 11.6. The van der Waals surface area contributed by atoms with Gasteiger partial charge in [0, 0.05) is 104 Å². The van der Waals surface area contributed by atoms with Crippen LogP contribution in [-0.2, 0) is 4.74 Å². The first kappa shape index (κ1) is 128. The number of carboxylic acids is 1. The predicted molar refractivity (Wildman–Crippen MR) is 573 cm³/mol. The second-order valence-electron chi connectivity index (χ2n) is 28.6. The van der Waals surface area contributed by atoms with E-state index >= 15 is 0 Å². The number of anilines is 8. The van der Waals surface area contributed by atoms with Crippen LogP contribution >= 0.6 is 82.0 Å². The van der Waals surface area contributed by atoms with Crippen molar-refractivity contribution in [3.8, 4) is 34.8 Å². The minimum Gasteiger partial charge on any atom is -0.668 e. The average molecular weight is 2160 g/mol. The van der Waals surface area contributed by atoms with Gasteiger partial charge < -0.3 is 92.4 Å². The van der Waals surface area contributed by atoms with Crippen LogP contribution in [0.25, 0.3) is 10.2 Å². The number of aromatic nitrogens is 5. The molecule has 1 saturated heterocycles. The molecule has 0 radical (unpaired) electrons. The van der Waals surface area contributed by atoms with E-state index in [1.54, 1.807) is 179 Å². The van der Waals surface area contributed by atoms with Crippen LogP contribution in [0.1, 0.15) is 114 Å². The van der Waals surface area contributed by atoms with E-state index in [0.29, 0.717) is 133 Å². The number of nitriles is 1. The maximum absolute atomic E-state index is 12.9. The molecule has 1 aliphatic heterocycles. The smallest absolute Gasteiger partial charge is 0.668 e. The zero-order valence-corrected chi connectivity index (χ0v) is 86.0. The minimum absolute atomic E-state index is 0. The molecule has 14 rings (SSSR count). The van der Waals surface area contributed by atoms with Gasteiger partial charge in [0.1, 0.15) is 74.8 Å². The van der Waals surface area contributed by atoms with Gasteiger partial charge in [-0.25, -0.2) is 34.6 Å². The van der Waals surface area contributed by atoms with Crippen LogP contribution in [0.15, 0.2) is 255 Å². The van der Waals surface area contributed by atoms with Gasteiger partial charge >= 0.3 is 24.8 Å². The van der Waals surface area contributed by atoms with Crippen LogP contribution in [0.2, 0.25) is 25.1 Å². The summed E-state index contributed by atoms with van der Waals surface area (Å²) in [6.45, 7) is 8.63. The molecule has 148 heavy (non-hydrogen) atoms. The number of carbonyl (C=O) groups excluding carboxylic acids is 7. The number of nitrogens with zero attached hydrogens (tertiary/aromatic N) is 11. The normalized spacial score (nSPS) is 9.97. The molecule has 5 aromatic heterocycles. The second kappa shape index (κ2) is 68.2. The number of nitro groups is 2. The van der Waals surface area contributed by atoms with Gasteiger partial charge in [-0.3, -0.25) is 59.2 Å². The van der Waals surface area contributed by atoms with Crippen LogP contribution in [-0.4, -0.2) is 188 Å². The Morgan fingerprint density at radius 3 is 1.07 bits per heavy atom. The maximum Gasteiger partial charge on any atom is 1.00 e. The first-order valence-corrected chi connectivity index (χ1v) is 44.1. The van der Waals surface area contributed by atoms with Gasteiger partial charge in [0.05, 0.1) is 117 Å². The van der Waals surface area contributed by atoms with Crippen LogP contribution < -0.4 is 91.2 Å². The van der Waals surface area contributed by atoms with Crippen LogP contribution in [0, 0.1) is 43.5 Å². The molecule has 1 fully saturated rings. The topological polar surface area (TPSA) is 568 Å². The number of amidine groups is 1. The molecule has 6 amide bonds. The molecule has 0 atom stereocenters. The van der Waals surface area contributed by atoms with Crippen molar-refractivity contribution >= 4 is 198 Å². The fourth-order valence-electron chi connectivity index (χ4n) is 10.9. The van der Waals surface area contributed by atoms with Crippen molar-refractivity contribution in [2.24, 2.45) is 0 Å². The summed E-state index contributed by atoms with van der Waals surface area (Å²) in [5, 5.41) is 71.0. The molecular formula is C100H101Cl7LiN21O19. The number of benzene rings is 8. The van der Waals surface area contributed by atoms with Crippen LogP contribution in [0.3, 0.4) is 0 Å². The molecule has 6 heterocycles. The first-order valence-electron chi connectivity index (χ1n) is 41.9. The monoisotopic (exact) mass is 2150 g/mol. The zero-order chi connectivity index (χ0) is 107. The summed E-state index contributed by atoms with van der Waals surface area (Å²) >= 11 is 33.7. The number of nitro benzene ring substituents is 2. The number of amides is 6. The Kier molecular flexibility index (Phi) is 58.9. The number of aromatic carboxylic acids is 1. The number of nitrogens with two attached hydrogens (primary N) is 2. The number of rotatable bonds is 22. The summed E-state index contributed by atoms with van der Waals surface area (Å²) in [6, 6.07) is 58.8. The third-order valence-corrected chi connectivity index (χ3v) is 19.4. The molecular weight excluding hydrogens is 2050 g/mol. The Hall–Kier alpha value is -16.2. The second-order valence-corrected chi connectivity index (χ2v) is 31.2. The van der Waals surface area contributed by atoms with Crippen molar-refractivity contribution < 1.29 is 101 Å². The van der Waals surface area contributed by atoms with Gasteiger partial charge in [0.25, 0.3) is 52.1 Å². The molecule has 0 saturated carbocycles. The number of nitrogens with one attached hydrogen (secondary N) is 8. The van der Waals surface area contributed by atoms with Gasteiger partial charge in [-0.2, -0.15) is 19.4 Å². The largest absolute Gasteiger partial charge is 1.00 e. The van der Waals surface area contributed by atoms with Crippen LogP contribution in [0.4, 0.5) is 63.2 Å². The Bertz CT molecular complexity index is 6600. The summed E-state index contributed by atoms with van der Waals surface area (Å²) in [4.78, 5) is 141. The standard InChI is InChI=1S/C23H22ClN5O3.C21H15ClN4O3.C13H10ClN3O4.C13H12ClN3O2.C8H4ClNO.C8H7NO5.C5H5ClN2.C4H8O.C2H7N.C2H6N.CH4.ClH.Li/c1-29(2)21(25)14-4-6-15(7-5-14)22(30)27-19-10-9-17(32-3)12-18(19)23(31)28-20-11-8-16(24)13-26-20;1-29-16-7-8-18(25-20(27)14-4-2-13(11-23)3-5-14)17(10-16)21(28)26-19-9-6-15(22)12-24-19;1-21-9-3-4-11(17(19)20)10(6-9)13(18)16-12-5-2-8(14)7-15-12;1-19-9-3-4-11(15)10(6-9)13(18)17-12-5-2-8(14)7-16-12;1-10-7-4-2-6(3-5-7)8(9)11;1-14-5-2-3-7(9(12)13)6(4-5)8(10)11;6-4-1-2-5(7)8-3-4;1-2-4-5-3-1;2*1-3-2;;;/h4-13,25H,1-3H3,(H,27,30)(H,26,28,31);2-10,12H,1H3,(H,25,27)(H,24,26,28);2-7H,1H3,(H,15,16,18);2-7H,15H2,1H3,(H,16,17,18);2-5H;2-4H,1H3,(H,10,11);1-3H,(H2,7,8);1-4H2;3H,1-2H3;1-2H3;1H4;1H;/q;;;;;;;;;-1;;;+1. The van der Waals surface area contributed by atoms with Crippen molar-refractivity contribution in [3.05, 3.63) is 373 Å². The molecule has 0 bridgehead atoms. The number of methoxy groups -OCH3 is 5. The first-order chi connectivity index (χ1) is 69.3. The number of nitrogen functional groups attached to an aromatic ring is 2. The van der Waals surface area contributed by atoms with Crippen LogP contribution in [0.5, 0.6) is 28.7 Å². The number of halogens is 7. The van der Waals surface area contributed by atoms with E-state index in [1.807, 2.05) is 20.2 Å². The predicted octanol–water partition coefficient (Wildman–Crippen LogP) is 18.3. The molecule has 40 nitrogen and oxygen atoms in total. The van der Waals surface area contributed by atoms with Crippen molar-refractivity contribution in [1.82, 2.24) is 35.1 Å².